The highest BCUT2D eigenvalue weighted by atomic mass is 16.6. The molecule has 0 bridgehead atoms. The minimum atomic E-state index is -0.480. The van der Waals surface area contributed by atoms with Gasteiger partial charge in [-0.05, 0) is 56.7 Å². The molecule has 24 heavy (non-hydrogen) atoms. The van der Waals surface area contributed by atoms with Crippen LogP contribution in [0.4, 0.5) is 4.79 Å². The van der Waals surface area contributed by atoms with Crippen molar-refractivity contribution in [1.82, 2.24) is 9.88 Å². The van der Waals surface area contributed by atoms with Gasteiger partial charge in [-0.3, -0.25) is 4.79 Å². The second-order valence-corrected chi connectivity index (χ2v) is 7.43. The van der Waals surface area contributed by atoms with E-state index in [2.05, 4.69) is 11.1 Å². The smallest absolute Gasteiger partial charge is 0.410 e. The number of ether oxygens (including phenoxy) is 1. The van der Waals surface area contributed by atoms with Crippen molar-refractivity contribution < 1.29 is 9.53 Å². The van der Waals surface area contributed by atoms with Crippen molar-refractivity contribution >= 4 is 17.0 Å². The fraction of sp³-hybridized carbons (Fsp3) is 0.474. The van der Waals surface area contributed by atoms with Crippen LogP contribution in [0.15, 0.2) is 35.1 Å². The standard InChI is InChI=1S/C19H24N2O3/c1-19(2,3)24-18(23)21-10-4-5-15(12-21)14-7-6-13-8-9-17(22)20-16(13)11-14/h6-9,11,15H,4-5,10,12H2,1-3H3,(H,20,22). The van der Waals surface area contributed by atoms with Crippen LogP contribution in [0.1, 0.15) is 45.1 Å². The molecule has 1 aliphatic rings. The molecule has 1 saturated heterocycles. The van der Waals surface area contributed by atoms with Gasteiger partial charge in [0.25, 0.3) is 0 Å². The van der Waals surface area contributed by atoms with E-state index in [0.29, 0.717) is 6.54 Å². The first kappa shape index (κ1) is 16.6. The first-order valence-corrected chi connectivity index (χ1v) is 8.43. The molecule has 5 nitrogen and oxygen atoms in total. The van der Waals surface area contributed by atoms with Crippen molar-refractivity contribution in [2.24, 2.45) is 0 Å². The van der Waals surface area contributed by atoms with Gasteiger partial charge in [0.15, 0.2) is 0 Å². The number of rotatable bonds is 1. The van der Waals surface area contributed by atoms with E-state index in [-0.39, 0.29) is 17.6 Å². The third-order valence-corrected chi connectivity index (χ3v) is 4.29. The quantitative estimate of drug-likeness (QED) is 0.869. The van der Waals surface area contributed by atoms with Gasteiger partial charge in [0.05, 0.1) is 0 Å². The maximum absolute atomic E-state index is 12.3. The molecule has 3 rings (SSSR count). The van der Waals surface area contributed by atoms with Crippen molar-refractivity contribution in [2.45, 2.75) is 45.1 Å². The van der Waals surface area contributed by atoms with Crippen LogP contribution in [-0.4, -0.2) is 34.7 Å². The number of benzene rings is 1. The molecule has 0 saturated carbocycles. The van der Waals surface area contributed by atoms with Crippen molar-refractivity contribution in [1.29, 1.82) is 0 Å². The molecular formula is C19H24N2O3. The molecule has 5 heteroatoms. The summed E-state index contributed by atoms with van der Waals surface area (Å²) in [4.78, 5) is 28.5. The third-order valence-electron chi connectivity index (χ3n) is 4.29. The Balaban J connectivity index is 1.79. The normalized spacial score (nSPS) is 18.6. The van der Waals surface area contributed by atoms with Gasteiger partial charge in [-0.2, -0.15) is 0 Å². The molecular weight excluding hydrogens is 304 g/mol. The van der Waals surface area contributed by atoms with Gasteiger partial charge < -0.3 is 14.6 Å². The SMILES string of the molecule is CC(C)(C)OC(=O)N1CCCC(c2ccc3ccc(=O)[nH]c3c2)C1. The highest BCUT2D eigenvalue weighted by molar-refractivity contribution is 5.79. The molecule has 2 heterocycles. The summed E-state index contributed by atoms with van der Waals surface area (Å²) < 4.78 is 5.49. The largest absolute Gasteiger partial charge is 0.444 e. The average Bonchev–Trinajstić information content (AvgIpc) is 2.52. The molecule has 1 aliphatic heterocycles. The predicted molar refractivity (Wildman–Crippen MR) is 94.4 cm³/mol. The number of fused-ring (bicyclic) bond motifs is 1. The summed E-state index contributed by atoms with van der Waals surface area (Å²) in [6, 6.07) is 9.50. The van der Waals surface area contributed by atoms with E-state index in [0.717, 1.165) is 35.9 Å². The monoisotopic (exact) mass is 328 g/mol. The van der Waals surface area contributed by atoms with Crippen LogP contribution in [0.2, 0.25) is 0 Å². The van der Waals surface area contributed by atoms with E-state index in [9.17, 15) is 9.59 Å². The van der Waals surface area contributed by atoms with E-state index < -0.39 is 5.60 Å². The third kappa shape index (κ3) is 3.78. The number of carbonyl (C=O) groups is 1. The Bertz CT molecular complexity index is 804. The van der Waals surface area contributed by atoms with Crippen LogP contribution in [-0.2, 0) is 4.74 Å². The Morgan fingerprint density at radius 3 is 2.75 bits per heavy atom. The molecule has 1 amide bonds. The molecule has 1 aromatic heterocycles. The minimum absolute atomic E-state index is 0.0984. The Hall–Kier alpha value is -2.30. The van der Waals surface area contributed by atoms with Crippen molar-refractivity contribution in [2.75, 3.05) is 13.1 Å². The van der Waals surface area contributed by atoms with Crippen LogP contribution in [0.3, 0.4) is 0 Å². The fourth-order valence-electron chi connectivity index (χ4n) is 3.16. The number of aromatic amines is 1. The minimum Gasteiger partial charge on any atom is -0.444 e. The molecule has 1 fully saturated rings. The summed E-state index contributed by atoms with van der Waals surface area (Å²) in [6.07, 6.45) is 1.73. The number of H-pyrrole nitrogens is 1. The number of piperidine rings is 1. The number of pyridine rings is 1. The zero-order valence-corrected chi connectivity index (χ0v) is 14.5. The molecule has 0 spiro atoms. The van der Waals surface area contributed by atoms with Gasteiger partial charge in [-0.25, -0.2) is 4.79 Å². The zero-order chi connectivity index (χ0) is 17.3. The molecule has 1 atom stereocenters. The summed E-state index contributed by atoms with van der Waals surface area (Å²) in [5.74, 6) is 0.263. The van der Waals surface area contributed by atoms with Crippen LogP contribution < -0.4 is 5.56 Å². The van der Waals surface area contributed by atoms with E-state index in [1.807, 2.05) is 39.0 Å². The molecule has 0 aliphatic carbocycles. The Morgan fingerprint density at radius 1 is 1.25 bits per heavy atom. The second kappa shape index (κ2) is 6.30. The summed E-state index contributed by atoms with van der Waals surface area (Å²) in [5, 5.41) is 1.01. The van der Waals surface area contributed by atoms with Crippen molar-refractivity contribution in [3.05, 3.63) is 46.2 Å². The lowest BCUT2D eigenvalue weighted by Gasteiger charge is -2.34. The second-order valence-electron chi connectivity index (χ2n) is 7.43. The predicted octanol–water partition coefficient (Wildman–Crippen LogP) is 3.64. The lowest BCUT2D eigenvalue weighted by molar-refractivity contribution is 0.0198. The fourth-order valence-corrected chi connectivity index (χ4v) is 3.16. The van der Waals surface area contributed by atoms with Crippen LogP contribution in [0.5, 0.6) is 0 Å². The van der Waals surface area contributed by atoms with Gasteiger partial charge in [0.1, 0.15) is 5.60 Å². The Kier molecular flexibility index (Phi) is 4.35. The maximum Gasteiger partial charge on any atom is 0.410 e. The average molecular weight is 328 g/mol. The van der Waals surface area contributed by atoms with E-state index in [1.165, 1.54) is 6.07 Å². The maximum atomic E-state index is 12.3. The van der Waals surface area contributed by atoms with Gasteiger partial charge in [0, 0.05) is 30.6 Å². The number of carbonyl (C=O) groups excluding carboxylic acids is 1. The number of aromatic nitrogens is 1. The molecule has 128 valence electrons. The Morgan fingerprint density at radius 2 is 2.00 bits per heavy atom. The first-order chi connectivity index (χ1) is 11.3. The highest BCUT2D eigenvalue weighted by Gasteiger charge is 2.28. The van der Waals surface area contributed by atoms with Gasteiger partial charge in [-0.1, -0.05) is 12.1 Å². The van der Waals surface area contributed by atoms with Crippen LogP contribution >= 0.6 is 0 Å². The number of likely N-dealkylation sites (tertiary alicyclic amines) is 1. The number of amides is 1. The summed E-state index contributed by atoms with van der Waals surface area (Å²) in [6.45, 7) is 7.03. The molecule has 1 unspecified atom stereocenters. The molecule has 1 N–H and O–H groups in total. The lowest BCUT2D eigenvalue weighted by Crippen LogP contribution is -2.42. The summed E-state index contributed by atoms with van der Waals surface area (Å²) >= 11 is 0. The lowest BCUT2D eigenvalue weighted by atomic mass is 9.90. The van der Waals surface area contributed by atoms with Crippen LogP contribution in [0.25, 0.3) is 10.9 Å². The topological polar surface area (TPSA) is 62.4 Å². The summed E-state index contributed by atoms with van der Waals surface area (Å²) in [5.41, 5.74) is 1.41. The van der Waals surface area contributed by atoms with Crippen molar-refractivity contribution in [3.8, 4) is 0 Å². The van der Waals surface area contributed by atoms with E-state index in [1.54, 1.807) is 4.90 Å². The highest BCUT2D eigenvalue weighted by Crippen LogP contribution is 2.29. The molecule has 1 aromatic carbocycles. The summed E-state index contributed by atoms with van der Waals surface area (Å²) in [7, 11) is 0. The first-order valence-electron chi connectivity index (χ1n) is 8.43. The van der Waals surface area contributed by atoms with Crippen molar-refractivity contribution in [3.63, 3.8) is 0 Å². The number of hydrogen-bond acceptors (Lipinski definition) is 3. The van der Waals surface area contributed by atoms with E-state index >= 15 is 0 Å². The molecule has 0 radical (unpaired) electrons. The number of nitrogens with one attached hydrogen (secondary N) is 1. The van der Waals surface area contributed by atoms with Gasteiger partial charge >= 0.3 is 6.09 Å². The van der Waals surface area contributed by atoms with E-state index in [4.69, 9.17) is 4.74 Å². The Labute approximate surface area is 141 Å². The number of hydrogen-bond donors (Lipinski definition) is 1. The van der Waals surface area contributed by atoms with Gasteiger partial charge in [0.2, 0.25) is 5.56 Å². The number of nitrogens with zero attached hydrogens (tertiary/aromatic N) is 1. The van der Waals surface area contributed by atoms with Gasteiger partial charge in [-0.15, -0.1) is 0 Å². The zero-order valence-electron chi connectivity index (χ0n) is 14.5. The molecule has 2 aromatic rings. The van der Waals surface area contributed by atoms with Crippen LogP contribution in [0, 0.1) is 0 Å².